The van der Waals surface area contributed by atoms with Crippen molar-refractivity contribution in [2.75, 3.05) is 10.6 Å². The molecule has 2 aliphatic heterocycles. The summed E-state index contributed by atoms with van der Waals surface area (Å²) in [5, 5.41) is 7.59. The zero-order valence-corrected chi connectivity index (χ0v) is 46.9. The van der Waals surface area contributed by atoms with Crippen LogP contribution in [0.3, 0.4) is 0 Å². The normalized spacial score (nSPS) is 18.6. The number of nitrogens with one attached hydrogen (secondary N) is 4. The number of halogens is 6. The van der Waals surface area contributed by atoms with E-state index >= 15 is 0 Å². The molecule has 4 aromatic carbocycles. The summed E-state index contributed by atoms with van der Waals surface area (Å²) in [6.45, 7) is 14.9. The van der Waals surface area contributed by atoms with Crippen LogP contribution in [0.5, 0.6) is 23.0 Å². The van der Waals surface area contributed by atoms with Crippen molar-refractivity contribution in [1.82, 2.24) is 19.4 Å². The van der Waals surface area contributed by atoms with Gasteiger partial charge in [-0.05, 0) is 140 Å². The third-order valence-electron chi connectivity index (χ3n) is 12.9. The molecule has 4 atom stereocenters. The highest BCUT2D eigenvalue weighted by atomic mass is 35.5. The Balaban J connectivity index is 0.000000186. The number of aryl methyl sites for hydroxylation is 2. The fourth-order valence-corrected chi connectivity index (χ4v) is 12.8. The highest BCUT2D eigenvalue weighted by Gasteiger charge is 2.55. The molecule has 6 aromatic rings. The number of hydrogen-bond acceptors (Lipinski definition) is 14. The lowest BCUT2D eigenvalue weighted by molar-refractivity contribution is -0.287. The second-order valence-corrected chi connectivity index (χ2v) is 27.4. The van der Waals surface area contributed by atoms with E-state index in [1.165, 1.54) is 46.9 Å². The molecule has 0 spiro atoms. The number of anilines is 2. The number of benzene rings is 4. The van der Waals surface area contributed by atoms with E-state index in [9.17, 15) is 36.3 Å². The monoisotopic (exact) mass is 1160 g/mol. The number of nitrogens with zero attached hydrogens (tertiary/aromatic N) is 2. The van der Waals surface area contributed by atoms with E-state index in [0.717, 1.165) is 20.9 Å². The van der Waals surface area contributed by atoms with E-state index in [-0.39, 0.29) is 34.8 Å². The number of carbonyl (C=O) groups is 2. The Morgan fingerprint density at radius 1 is 0.592 bits per heavy atom. The van der Waals surface area contributed by atoms with Gasteiger partial charge < -0.3 is 38.7 Å². The molecular weight excluding hydrogens is 1110 g/mol. The fraction of sp³-hybridized carbons (Fsp3) is 0.385. The first-order valence-corrected chi connectivity index (χ1v) is 28.5. The van der Waals surface area contributed by atoms with E-state index in [1.807, 2.05) is 91.8 Å². The molecule has 4 N–H and O–H groups in total. The summed E-state index contributed by atoms with van der Waals surface area (Å²) < 4.78 is 103. The minimum Gasteiger partial charge on any atom is -0.598 e. The minimum atomic E-state index is -3.72. The maximum atomic E-state index is 13.5. The lowest BCUT2D eigenvalue weighted by atomic mass is 9.94. The Labute approximate surface area is 460 Å². The van der Waals surface area contributed by atoms with Crippen molar-refractivity contribution in [3.05, 3.63) is 138 Å². The SMILES string of the molecule is Cc1nc(NC(=O)C2(c3ccc4c(c3)OC(F)(F)O4)CC2)sc1C(N[S+]([O-])C(C)(C)C)c1ccccc1Cl.Cc1nc(NC(=O)C2(c3ccc4c(c3)OC(F)(F)O4)CC2)sc1[C@@H](N[S+]([O-])C(C)(C)C)c1ccccc1Cl. The summed E-state index contributed by atoms with van der Waals surface area (Å²) in [5.74, 6) is -0.909. The molecule has 24 heteroatoms. The second-order valence-electron chi connectivity index (χ2n) is 20.6. The van der Waals surface area contributed by atoms with Gasteiger partial charge in [0.2, 0.25) is 11.8 Å². The number of aromatic nitrogens is 2. The zero-order valence-electron chi connectivity index (χ0n) is 42.1. The molecule has 0 radical (unpaired) electrons. The van der Waals surface area contributed by atoms with Crippen LogP contribution >= 0.6 is 45.9 Å². The van der Waals surface area contributed by atoms with Gasteiger partial charge in [-0.2, -0.15) is 0 Å². The Morgan fingerprint density at radius 2 is 0.934 bits per heavy atom. The molecule has 2 saturated carbocycles. The number of carbonyl (C=O) groups excluding carboxylic acids is 2. The lowest BCUT2D eigenvalue weighted by Gasteiger charge is -2.28. The van der Waals surface area contributed by atoms with Crippen LogP contribution in [0.15, 0.2) is 84.9 Å². The van der Waals surface area contributed by atoms with Crippen molar-refractivity contribution in [3.8, 4) is 23.0 Å². The first kappa shape index (κ1) is 55.9. The molecule has 0 bridgehead atoms. The predicted molar refractivity (Wildman–Crippen MR) is 287 cm³/mol. The molecule has 14 nitrogen and oxygen atoms in total. The molecule has 0 saturated heterocycles. The minimum absolute atomic E-state index is 0.0686. The van der Waals surface area contributed by atoms with Crippen molar-refractivity contribution < 1.29 is 55.2 Å². The maximum Gasteiger partial charge on any atom is 0.586 e. The summed E-state index contributed by atoms with van der Waals surface area (Å²) in [6.07, 6.45) is -5.23. The largest absolute Gasteiger partial charge is 0.598 e. The number of amides is 2. The van der Waals surface area contributed by atoms with Crippen LogP contribution < -0.4 is 39.0 Å². The molecule has 404 valence electrons. The van der Waals surface area contributed by atoms with Crippen LogP contribution in [0.25, 0.3) is 0 Å². The summed E-state index contributed by atoms with van der Waals surface area (Å²) in [7, 11) is 0. The van der Waals surface area contributed by atoms with Crippen molar-refractivity contribution in [2.45, 2.75) is 126 Å². The Hall–Kier alpha value is -4.88. The van der Waals surface area contributed by atoms with Gasteiger partial charge in [-0.3, -0.25) is 9.59 Å². The van der Waals surface area contributed by atoms with Crippen molar-refractivity contribution in [1.29, 1.82) is 0 Å². The molecular formula is C52H52Cl2F4N6O8S4. The summed E-state index contributed by atoms with van der Waals surface area (Å²) in [4.78, 5) is 37.5. The van der Waals surface area contributed by atoms with Crippen LogP contribution in [-0.4, -0.2) is 53.0 Å². The standard InChI is InChI=1S/2C26H26ClF2N3O4S2/c2*1-14-21(20(32-38(34)24(2,3)4)16-7-5-6-8-17(16)27)37-23(30-14)31-22(33)25(11-12-25)15-9-10-18-19(13-15)36-26(28,29)35-18/h2*5-10,13,20,32H,11-12H2,1-4H3,(H,30,31,33)/t20-,38?;/m0./s1. The average Bonchev–Trinajstić information content (AvgIpc) is 4.20. The molecule has 4 aliphatic rings. The number of rotatable bonds is 14. The van der Waals surface area contributed by atoms with Crippen LogP contribution in [-0.2, 0) is 43.1 Å². The fourth-order valence-electron chi connectivity index (χ4n) is 8.43. The summed E-state index contributed by atoms with van der Waals surface area (Å²) in [6, 6.07) is 22.4. The van der Waals surface area contributed by atoms with E-state index < -0.39 is 67.7 Å². The van der Waals surface area contributed by atoms with Gasteiger partial charge >= 0.3 is 12.6 Å². The molecule has 2 fully saturated rings. The van der Waals surface area contributed by atoms with E-state index in [4.69, 9.17) is 23.2 Å². The van der Waals surface area contributed by atoms with Gasteiger partial charge in [0.15, 0.2) is 33.3 Å². The zero-order chi connectivity index (χ0) is 54.9. The van der Waals surface area contributed by atoms with E-state index in [0.29, 0.717) is 68.5 Å². The molecule has 3 unspecified atom stereocenters. The molecule has 2 aliphatic carbocycles. The maximum absolute atomic E-state index is 13.5. The van der Waals surface area contributed by atoms with Gasteiger partial charge in [0.05, 0.1) is 32.0 Å². The van der Waals surface area contributed by atoms with Crippen LogP contribution in [0.4, 0.5) is 27.8 Å². The van der Waals surface area contributed by atoms with Crippen LogP contribution in [0, 0.1) is 13.8 Å². The lowest BCUT2D eigenvalue weighted by Crippen LogP contribution is -2.41. The Bertz CT molecular complexity index is 2990. The van der Waals surface area contributed by atoms with Gasteiger partial charge in [-0.25, -0.2) is 9.97 Å². The molecule has 2 amide bonds. The Morgan fingerprint density at radius 3 is 1.26 bits per heavy atom. The first-order valence-electron chi connectivity index (χ1n) is 23.8. The Kier molecular flexibility index (Phi) is 15.2. The quantitative estimate of drug-likeness (QED) is 0.0597. The van der Waals surface area contributed by atoms with Gasteiger partial charge in [0, 0.05) is 32.8 Å². The van der Waals surface area contributed by atoms with Gasteiger partial charge in [-0.15, -0.1) is 27.0 Å². The smallest absolute Gasteiger partial charge is 0.586 e. The molecule has 2 aromatic heterocycles. The number of hydrogen-bond donors (Lipinski definition) is 4. The predicted octanol–water partition coefficient (Wildman–Crippen LogP) is 12.5. The van der Waals surface area contributed by atoms with Crippen LogP contribution in [0.1, 0.15) is 123 Å². The third kappa shape index (κ3) is 11.8. The molecule has 10 rings (SSSR count). The van der Waals surface area contributed by atoms with E-state index in [1.54, 1.807) is 24.3 Å². The highest BCUT2D eigenvalue weighted by Crippen LogP contribution is 2.54. The first-order chi connectivity index (χ1) is 35.6. The summed E-state index contributed by atoms with van der Waals surface area (Å²) in [5.41, 5.74) is 2.19. The van der Waals surface area contributed by atoms with Crippen molar-refractivity contribution in [2.24, 2.45) is 0 Å². The summed E-state index contributed by atoms with van der Waals surface area (Å²) >= 11 is 12.7. The highest BCUT2D eigenvalue weighted by molar-refractivity contribution is 7.91. The van der Waals surface area contributed by atoms with Gasteiger partial charge in [0.1, 0.15) is 21.6 Å². The third-order valence-corrected chi connectivity index (χ3v) is 19.0. The number of ether oxygens (including phenoxy) is 4. The average molecular weight is 1160 g/mol. The van der Waals surface area contributed by atoms with E-state index in [2.05, 4.69) is 49.0 Å². The second kappa shape index (κ2) is 20.7. The van der Waals surface area contributed by atoms with Crippen LogP contribution in [0.2, 0.25) is 10.0 Å². The van der Waals surface area contributed by atoms with Crippen molar-refractivity contribution in [3.63, 3.8) is 0 Å². The number of fused-ring (bicyclic) bond motifs is 2. The molecule has 4 heterocycles. The van der Waals surface area contributed by atoms with Gasteiger partial charge in [0.25, 0.3) is 0 Å². The topological polar surface area (TPSA) is 191 Å². The number of alkyl halides is 4. The van der Waals surface area contributed by atoms with Gasteiger partial charge in [-0.1, -0.05) is 94.4 Å². The van der Waals surface area contributed by atoms with Crippen molar-refractivity contribution >= 4 is 90.7 Å². The molecule has 76 heavy (non-hydrogen) atoms. The number of thiazole rings is 2.